The molecule has 0 bridgehead atoms. The van der Waals surface area contributed by atoms with Gasteiger partial charge in [0.25, 0.3) is 5.69 Å². The highest BCUT2D eigenvalue weighted by Gasteiger charge is 2.23. The van der Waals surface area contributed by atoms with E-state index in [0.29, 0.717) is 11.5 Å². The highest BCUT2D eigenvalue weighted by atomic mass is 32.2. The van der Waals surface area contributed by atoms with Crippen molar-refractivity contribution >= 4 is 15.7 Å². The SMILES string of the molecule is O=[N+]([O-])c1ccc(S(=O)(=O)NC[C@@H]2COc3ccccc3O2)cc1. The van der Waals surface area contributed by atoms with Gasteiger partial charge in [0.15, 0.2) is 11.5 Å². The Bertz CT molecular complexity index is 851. The summed E-state index contributed by atoms with van der Waals surface area (Å²) < 4.78 is 38.1. The quantitative estimate of drug-likeness (QED) is 0.650. The first-order valence-corrected chi connectivity index (χ1v) is 8.56. The predicted octanol–water partition coefficient (Wildman–Crippen LogP) is 1.71. The minimum atomic E-state index is -3.79. The summed E-state index contributed by atoms with van der Waals surface area (Å²) in [7, 11) is -3.79. The van der Waals surface area contributed by atoms with Gasteiger partial charge in [0.1, 0.15) is 12.7 Å². The molecule has 2 aromatic carbocycles. The Morgan fingerprint density at radius 1 is 1.12 bits per heavy atom. The van der Waals surface area contributed by atoms with Gasteiger partial charge in [0, 0.05) is 12.1 Å². The van der Waals surface area contributed by atoms with E-state index in [1.54, 1.807) is 18.2 Å². The lowest BCUT2D eigenvalue weighted by Crippen LogP contribution is -2.40. The Kier molecular flexibility index (Phi) is 4.36. The van der Waals surface area contributed by atoms with Crippen LogP contribution in [0.5, 0.6) is 11.5 Å². The summed E-state index contributed by atoms with van der Waals surface area (Å²) in [5.74, 6) is 1.18. The lowest BCUT2D eigenvalue weighted by Gasteiger charge is -2.26. The number of sulfonamides is 1. The predicted molar refractivity (Wildman–Crippen MR) is 84.6 cm³/mol. The molecule has 2 aromatic rings. The largest absolute Gasteiger partial charge is 0.486 e. The van der Waals surface area contributed by atoms with Crippen molar-refractivity contribution in [1.29, 1.82) is 0 Å². The molecule has 3 rings (SSSR count). The molecular weight excluding hydrogens is 336 g/mol. The van der Waals surface area contributed by atoms with Gasteiger partial charge in [-0.2, -0.15) is 0 Å². The van der Waals surface area contributed by atoms with Crippen LogP contribution >= 0.6 is 0 Å². The number of ether oxygens (including phenoxy) is 2. The Hall–Kier alpha value is -2.65. The van der Waals surface area contributed by atoms with Crippen molar-refractivity contribution in [3.05, 3.63) is 58.6 Å². The molecule has 126 valence electrons. The van der Waals surface area contributed by atoms with Crippen LogP contribution in [0.2, 0.25) is 0 Å². The first-order chi connectivity index (χ1) is 11.5. The van der Waals surface area contributed by atoms with Crippen LogP contribution in [0.1, 0.15) is 0 Å². The molecule has 0 spiro atoms. The van der Waals surface area contributed by atoms with Crippen molar-refractivity contribution in [2.75, 3.05) is 13.2 Å². The maximum Gasteiger partial charge on any atom is 0.269 e. The smallest absolute Gasteiger partial charge is 0.269 e. The minimum Gasteiger partial charge on any atom is -0.486 e. The van der Waals surface area contributed by atoms with Gasteiger partial charge in [-0.05, 0) is 24.3 Å². The van der Waals surface area contributed by atoms with Crippen LogP contribution < -0.4 is 14.2 Å². The molecule has 0 radical (unpaired) electrons. The van der Waals surface area contributed by atoms with Gasteiger partial charge >= 0.3 is 0 Å². The Labute approximate surface area is 138 Å². The van der Waals surface area contributed by atoms with Crippen LogP contribution in [0.15, 0.2) is 53.4 Å². The fourth-order valence-corrected chi connectivity index (χ4v) is 3.26. The van der Waals surface area contributed by atoms with Crippen molar-refractivity contribution in [3.63, 3.8) is 0 Å². The van der Waals surface area contributed by atoms with E-state index in [0.717, 1.165) is 12.1 Å². The second-order valence-electron chi connectivity index (χ2n) is 5.10. The molecule has 0 saturated heterocycles. The number of non-ortho nitro benzene ring substituents is 1. The third kappa shape index (κ3) is 3.47. The van der Waals surface area contributed by atoms with Gasteiger partial charge in [-0.25, -0.2) is 13.1 Å². The van der Waals surface area contributed by atoms with Crippen molar-refractivity contribution in [1.82, 2.24) is 4.72 Å². The molecule has 0 amide bonds. The third-order valence-corrected chi connectivity index (χ3v) is 4.87. The van der Waals surface area contributed by atoms with Gasteiger partial charge < -0.3 is 9.47 Å². The average Bonchev–Trinajstić information content (AvgIpc) is 2.60. The molecule has 24 heavy (non-hydrogen) atoms. The zero-order valence-electron chi connectivity index (χ0n) is 12.4. The summed E-state index contributed by atoms with van der Waals surface area (Å²) in [4.78, 5) is 9.97. The summed E-state index contributed by atoms with van der Waals surface area (Å²) in [6, 6.07) is 11.8. The number of nitro benzene ring substituents is 1. The first kappa shape index (κ1) is 16.2. The molecule has 9 heteroatoms. The monoisotopic (exact) mass is 350 g/mol. The van der Waals surface area contributed by atoms with Crippen molar-refractivity contribution in [2.45, 2.75) is 11.0 Å². The maximum atomic E-state index is 12.2. The molecule has 0 aromatic heterocycles. The fraction of sp³-hybridized carbons (Fsp3) is 0.200. The van der Waals surface area contributed by atoms with E-state index >= 15 is 0 Å². The topological polar surface area (TPSA) is 108 Å². The number of nitro groups is 1. The van der Waals surface area contributed by atoms with E-state index in [2.05, 4.69) is 4.72 Å². The van der Waals surface area contributed by atoms with Gasteiger partial charge in [0.05, 0.1) is 16.4 Å². The second kappa shape index (κ2) is 6.46. The summed E-state index contributed by atoms with van der Waals surface area (Å²) in [5, 5.41) is 10.6. The number of nitrogens with one attached hydrogen (secondary N) is 1. The Morgan fingerprint density at radius 3 is 2.46 bits per heavy atom. The molecule has 1 atom stereocenters. The number of fused-ring (bicyclic) bond motifs is 1. The first-order valence-electron chi connectivity index (χ1n) is 7.08. The lowest BCUT2D eigenvalue weighted by atomic mass is 10.2. The molecule has 1 aliphatic heterocycles. The summed E-state index contributed by atoms with van der Waals surface area (Å²) in [6.07, 6.45) is -0.465. The lowest BCUT2D eigenvalue weighted by molar-refractivity contribution is -0.384. The number of rotatable bonds is 5. The van der Waals surface area contributed by atoms with E-state index in [9.17, 15) is 18.5 Å². The van der Waals surface area contributed by atoms with Crippen molar-refractivity contribution in [2.24, 2.45) is 0 Å². The van der Waals surface area contributed by atoms with Crippen LogP contribution in [-0.2, 0) is 10.0 Å². The number of nitrogens with zero attached hydrogens (tertiary/aromatic N) is 1. The molecule has 0 unspecified atom stereocenters. The standard InChI is InChI=1S/C15H14N2O6S/c18-17(19)11-5-7-13(8-6-11)24(20,21)16-9-12-10-22-14-3-1-2-4-15(14)23-12/h1-8,12,16H,9-10H2/t12-/m1/s1. The molecule has 1 aliphatic rings. The summed E-state index contributed by atoms with van der Waals surface area (Å²) in [6.45, 7) is 0.244. The van der Waals surface area contributed by atoms with Crippen molar-refractivity contribution in [3.8, 4) is 11.5 Å². The molecule has 1 N–H and O–H groups in total. The fourth-order valence-electron chi connectivity index (χ4n) is 2.20. The molecule has 8 nitrogen and oxygen atoms in total. The molecular formula is C15H14N2O6S. The van der Waals surface area contributed by atoms with Crippen LogP contribution in [0, 0.1) is 10.1 Å². The number of hydrogen-bond acceptors (Lipinski definition) is 6. The van der Waals surface area contributed by atoms with Gasteiger partial charge in [-0.15, -0.1) is 0 Å². The van der Waals surface area contributed by atoms with Gasteiger partial charge in [-0.1, -0.05) is 12.1 Å². The number of hydrogen-bond donors (Lipinski definition) is 1. The molecule has 1 heterocycles. The van der Waals surface area contributed by atoms with Gasteiger partial charge in [-0.3, -0.25) is 10.1 Å². The zero-order valence-corrected chi connectivity index (χ0v) is 13.2. The summed E-state index contributed by atoms with van der Waals surface area (Å²) in [5.41, 5.74) is -0.172. The third-order valence-electron chi connectivity index (χ3n) is 3.43. The minimum absolute atomic E-state index is 0.0215. The second-order valence-corrected chi connectivity index (χ2v) is 6.87. The van der Waals surface area contributed by atoms with Crippen LogP contribution in [0.25, 0.3) is 0 Å². The van der Waals surface area contributed by atoms with Crippen molar-refractivity contribution < 1.29 is 22.8 Å². The van der Waals surface area contributed by atoms with E-state index < -0.39 is 21.1 Å². The number of benzene rings is 2. The van der Waals surface area contributed by atoms with Crippen LogP contribution in [-0.4, -0.2) is 32.6 Å². The molecule has 0 aliphatic carbocycles. The molecule has 0 saturated carbocycles. The van der Waals surface area contributed by atoms with Crippen LogP contribution in [0.3, 0.4) is 0 Å². The zero-order chi connectivity index (χ0) is 17.2. The number of para-hydroxylation sites is 2. The maximum absolute atomic E-state index is 12.2. The van der Waals surface area contributed by atoms with Crippen LogP contribution in [0.4, 0.5) is 5.69 Å². The van der Waals surface area contributed by atoms with E-state index in [1.807, 2.05) is 6.07 Å². The summed E-state index contributed by atoms with van der Waals surface area (Å²) >= 11 is 0. The molecule has 0 fully saturated rings. The van der Waals surface area contributed by atoms with Gasteiger partial charge in [0.2, 0.25) is 10.0 Å². The van der Waals surface area contributed by atoms with E-state index in [-0.39, 0.29) is 23.7 Å². The van der Waals surface area contributed by atoms with E-state index in [4.69, 9.17) is 9.47 Å². The highest BCUT2D eigenvalue weighted by Crippen LogP contribution is 2.30. The normalized spacial score (nSPS) is 16.6. The average molecular weight is 350 g/mol. The Morgan fingerprint density at radius 2 is 1.79 bits per heavy atom. The Balaban J connectivity index is 1.64. The highest BCUT2D eigenvalue weighted by molar-refractivity contribution is 7.89. The van der Waals surface area contributed by atoms with E-state index in [1.165, 1.54) is 12.1 Å².